The van der Waals surface area contributed by atoms with Gasteiger partial charge in [-0.3, -0.25) is 0 Å². The van der Waals surface area contributed by atoms with Crippen molar-refractivity contribution in [3.05, 3.63) is 11.6 Å². The quantitative estimate of drug-likeness (QED) is 0.548. The van der Waals surface area contributed by atoms with Gasteiger partial charge in [-0.1, -0.05) is 25.5 Å². The van der Waals surface area contributed by atoms with Crippen molar-refractivity contribution in [2.75, 3.05) is 0 Å². The van der Waals surface area contributed by atoms with E-state index in [1.165, 1.54) is 18.4 Å². The van der Waals surface area contributed by atoms with E-state index in [-0.39, 0.29) is 11.5 Å². The largest absolute Gasteiger partial charge is 0.392 e. The van der Waals surface area contributed by atoms with Crippen LogP contribution in [0.3, 0.4) is 0 Å². The highest BCUT2D eigenvalue weighted by Crippen LogP contribution is 2.52. The average molecular weight is 166 g/mol. The van der Waals surface area contributed by atoms with Crippen molar-refractivity contribution < 1.29 is 5.11 Å². The van der Waals surface area contributed by atoms with Crippen molar-refractivity contribution in [3.63, 3.8) is 0 Å². The first-order chi connectivity index (χ1) is 5.52. The summed E-state index contributed by atoms with van der Waals surface area (Å²) in [6.07, 6.45) is 4.57. The lowest BCUT2D eigenvalue weighted by Crippen LogP contribution is -2.28. The lowest BCUT2D eigenvalue weighted by molar-refractivity contribution is 0.0556. The van der Waals surface area contributed by atoms with Crippen LogP contribution in [0.25, 0.3) is 0 Å². The molecule has 12 heavy (non-hydrogen) atoms. The van der Waals surface area contributed by atoms with Crippen molar-refractivity contribution in [2.45, 2.75) is 39.7 Å². The van der Waals surface area contributed by atoms with Crippen molar-refractivity contribution in [1.29, 1.82) is 0 Å². The maximum Gasteiger partial charge on any atom is 0.0659 e. The maximum atomic E-state index is 10.1. The van der Waals surface area contributed by atoms with E-state index in [0.29, 0.717) is 5.92 Å². The molecule has 0 heterocycles. The summed E-state index contributed by atoms with van der Waals surface area (Å²) >= 11 is 0. The lowest BCUT2D eigenvalue weighted by atomic mass is 9.85. The highest BCUT2D eigenvalue weighted by Gasteiger charge is 2.49. The predicted octanol–water partition coefficient (Wildman–Crippen LogP) is 2.36. The van der Waals surface area contributed by atoms with Gasteiger partial charge >= 0.3 is 0 Å². The van der Waals surface area contributed by atoms with Crippen molar-refractivity contribution in [3.8, 4) is 0 Å². The van der Waals surface area contributed by atoms with Gasteiger partial charge in [0.15, 0.2) is 0 Å². The topological polar surface area (TPSA) is 20.2 Å². The van der Waals surface area contributed by atoms with Crippen LogP contribution < -0.4 is 0 Å². The van der Waals surface area contributed by atoms with E-state index < -0.39 is 0 Å². The molecule has 0 aromatic heterocycles. The summed E-state index contributed by atoms with van der Waals surface area (Å²) in [4.78, 5) is 0. The molecule has 0 amide bonds. The zero-order chi connectivity index (χ0) is 8.93. The van der Waals surface area contributed by atoms with Crippen LogP contribution in [0.5, 0.6) is 0 Å². The highest BCUT2D eigenvalue weighted by atomic mass is 16.3. The third-order valence-corrected chi connectivity index (χ3v) is 3.71. The predicted molar refractivity (Wildman–Crippen MR) is 49.8 cm³/mol. The zero-order valence-corrected chi connectivity index (χ0v) is 8.17. The molecule has 0 aromatic rings. The number of hydrogen-bond acceptors (Lipinski definition) is 1. The SMILES string of the molecule is CC1=CCC2CC(C)(C)C(O)C12. The smallest absolute Gasteiger partial charge is 0.0659 e. The van der Waals surface area contributed by atoms with Crippen LogP contribution in [-0.4, -0.2) is 11.2 Å². The van der Waals surface area contributed by atoms with Gasteiger partial charge in [-0.2, -0.15) is 0 Å². The van der Waals surface area contributed by atoms with Crippen molar-refractivity contribution in [2.24, 2.45) is 17.3 Å². The van der Waals surface area contributed by atoms with Gasteiger partial charge in [0.05, 0.1) is 6.10 Å². The third-order valence-electron chi connectivity index (χ3n) is 3.71. The molecule has 0 bridgehead atoms. The molecule has 1 nitrogen and oxygen atoms in total. The minimum absolute atomic E-state index is 0.110. The van der Waals surface area contributed by atoms with E-state index >= 15 is 0 Å². The second kappa shape index (κ2) is 2.35. The molecule has 0 aromatic carbocycles. The molecule has 1 N–H and O–H groups in total. The summed E-state index contributed by atoms with van der Waals surface area (Å²) in [5.74, 6) is 1.20. The molecule has 1 saturated carbocycles. The molecule has 3 unspecified atom stereocenters. The molecule has 68 valence electrons. The second-order valence-corrected chi connectivity index (χ2v) is 5.11. The Bertz CT molecular complexity index is 227. The van der Waals surface area contributed by atoms with E-state index in [2.05, 4.69) is 26.8 Å². The molecule has 2 rings (SSSR count). The van der Waals surface area contributed by atoms with Gasteiger partial charge in [0.1, 0.15) is 0 Å². The Labute approximate surface area is 74.5 Å². The van der Waals surface area contributed by atoms with Crippen LogP contribution in [0.1, 0.15) is 33.6 Å². The van der Waals surface area contributed by atoms with Gasteiger partial charge in [-0.05, 0) is 31.1 Å². The van der Waals surface area contributed by atoms with Gasteiger partial charge in [-0.15, -0.1) is 0 Å². The molecule has 1 fully saturated rings. The molecular weight excluding hydrogens is 148 g/mol. The van der Waals surface area contributed by atoms with E-state index in [1.807, 2.05) is 0 Å². The minimum atomic E-state index is -0.110. The van der Waals surface area contributed by atoms with Gasteiger partial charge < -0.3 is 5.11 Å². The van der Waals surface area contributed by atoms with Crippen LogP contribution in [-0.2, 0) is 0 Å². The standard InChI is InChI=1S/C11H18O/c1-7-4-5-8-6-11(2,3)10(12)9(7)8/h4,8-10,12H,5-6H2,1-3H3. The molecule has 0 spiro atoms. The molecule has 0 aliphatic heterocycles. The average Bonchev–Trinajstić information content (AvgIpc) is 2.38. The van der Waals surface area contributed by atoms with E-state index in [4.69, 9.17) is 0 Å². The Morgan fingerprint density at radius 3 is 2.75 bits per heavy atom. The first-order valence-corrected chi connectivity index (χ1v) is 4.87. The van der Waals surface area contributed by atoms with Gasteiger partial charge in [-0.25, -0.2) is 0 Å². The monoisotopic (exact) mass is 166 g/mol. The number of hydrogen-bond donors (Lipinski definition) is 1. The van der Waals surface area contributed by atoms with Gasteiger partial charge in [0.2, 0.25) is 0 Å². The Hall–Kier alpha value is -0.300. The molecule has 2 aliphatic carbocycles. The summed E-state index contributed by atoms with van der Waals surface area (Å²) < 4.78 is 0. The molecule has 2 aliphatic rings. The second-order valence-electron chi connectivity index (χ2n) is 5.11. The number of aliphatic hydroxyl groups excluding tert-OH is 1. The Morgan fingerprint density at radius 1 is 1.50 bits per heavy atom. The molecule has 1 heteroatoms. The summed E-state index contributed by atoms with van der Waals surface area (Å²) in [7, 11) is 0. The number of allylic oxidation sites excluding steroid dienone is 1. The highest BCUT2D eigenvalue weighted by molar-refractivity contribution is 5.20. The molecule has 0 saturated heterocycles. The fourth-order valence-corrected chi connectivity index (χ4v) is 2.99. The Kier molecular flexibility index (Phi) is 1.63. The fraction of sp³-hybridized carbons (Fsp3) is 0.818. The number of rotatable bonds is 0. The molecular formula is C11H18O. The van der Waals surface area contributed by atoms with Gasteiger partial charge in [0, 0.05) is 5.92 Å². The lowest BCUT2D eigenvalue weighted by Gasteiger charge is -2.25. The van der Waals surface area contributed by atoms with E-state index in [9.17, 15) is 5.11 Å². The first-order valence-electron chi connectivity index (χ1n) is 4.87. The summed E-state index contributed by atoms with van der Waals surface area (Å²) in [6, 6.07) is 0. The maximum absolute atomic E-state index is 10.1. The van der Waals surface area contributed by atoms with Gasteiger partial charge in [0.25, 0.3) is 0 Å². The Balaban J connectivity index is 2.26. The third kappa shape index (κ3) is 0.957. The van der Waals surface area contributed by atoms with E-state index in [0.717, 1.165) is 5.92 Å². The van der Waals surface area contributed by atoms with Crippen molar-refractivity contribution >= 4 is 0 Å². The van der Waals surface area contributed by atoms with Crippen molar-refractivity contribution in [1.82, 2.24) is 0 Å². The van der Waals surface area contributed by atoms with Crippen LogP contribution in [0, 0.1) is 17.3 Å². The summed E-state index contributed by atoms with van der Waals surface area (Å²) in [6.45, 7) is 6.53. The minimum Gasteiger partial charge on any atom is -0.392 e. The zero-order valence-electron chi connectivity index (χ0n) is 8.17. The fourth-order valence-electron chi connectivity index (χ4n) is 2.99. The molecule has 0 radical (unpaired) electrons. The van der Waals surface area contributed by atoms with Crippen LogP contribution in [0.15, 0.2) is 11.6 Å². The number of aliphatic hydroxyl groups is 1. The normalized spacial score (nSPS) is 44.3. The molecule has 3 atom stereocenters. The van der Waals surface area contributed by atoms with Crippen LogP contribution >= 0.6 is 0 Å². The van der Waals surface area contributed by atoms with Crippen LogP contribution in [0.4, 0.5) is 0 Å². The number of fused-ring (bicyclic) bond motifs is 1. The van der Waals surface area contributed by atoms with Crippen LogP contribution in [0.2, 0.25) is 0 Å². The summed E-state index contributed by atoms with van der Waals surface area (Å²) in [5, 5.41) is 10.1. The Morgan fingerprint density at radius 2 is 2.17 bits per heavy atom. The first kappa shape index (κ1) is 8.31. The van der Waals surface area contributed by atoms with E-state index in [1.54, 1.807) is 0 Å². The summed E-state index contributed by atoms with van der Waals surface area (Å²) in [5.41, 5.74) is 1.56.